The molecule has 4 heteroatoms. The first kappa shape index (κ1) is 12.5. The van der Waals surface area contributed by atoms with Gasteiger partial charge < -0.3 is 10.1 Å². The molecule has 0 aliphatic carbocycles. The quantitative estimate of drug-likeness (QED) is 0.858. The van der Waals surface area contributed by atoms with Crippen LogP contribution in [0, 0.1) is 5.82 Å². The Hall–Kier alpha value is -1.58. The summed E-state index contributed by atoms with van der Waals surface area (Å²) in [5.74, 6) is -0.274. The number of halogens is 1. The zero-order chi connectivity index (χ0) is 12.2. The molecular weight excluding hydrogens is 209 g/mol. The van der Waals surface area contributed by atoms with Crippen LogP contribution < -0.4 is 5.32 Å². The lowest BCUT2D eigenvalue weighted by Crippen LogP contribution is -2.36. The molecule has 0 radical (unpaired) electrons. The molecule has 0 heterocycles. The van der Waals surface area contributed by atoms with E-state index in [0.717, 1.165) is 5.56 Å². The number of rotatable bonds is 3. The Kier molecular flexibility index (Phi) is 3.88. The highest BCUT2D eigenvalue weighted by molar-refractivity contribution is 5.67. The van der Waals surface area contributed by atoms with Gasteiger partial charge in [0.05, 0.1) is 7.11 Å². The first-order valence-electron chi connectivity index (χ1n) is 5.03. The van der Waals surface area contributed by atoms with E-state index >= 15 is 0 Å². The van der Waals surface area contributed by atoms with Gasteiger partial charge in [-0.05, 0) is 17.7 Å². The molecule has 88 valence electrons. The lowest BCUT2D eigenvalue weighted by Gasteiger charge is -2.25. The Labute approximate surface area is 94.6 Å². The summed E-state index contributed by atoms with van der Waals surface area (Å²) in [6.45, 7) is 4.25. The molecule has 1 aromatic rings. The summed E-state index contributed by atoms with van der Waals surface area (Å²) in [6.07, 6.45) is -0.482. The van der Waals surface area contributed by atoms with Gasteiger partial charge >= 0.3 is 6.09 Å². The molecule has 0 saturated heterocycles. The first-order chi connectivity index (χ1) is 7.45. The van der Waals surface area contributed by atoms with Crippen molar-refractivity contribution in [3.8, 4) is 0 Å². The van der Waals surface area contributed by atoms with Gasteiger partial charge in [-0.1, -0.05) is 26.0 Å². The summed E-state index contributed by atoms with van der Waals surface area (Å²) < 4.78 is 17.5. The van der Waals surface area contributed by atoms with Crippen molar-refractivity contribution in [1.29, 1.82) is 0 Å². The van der Waals surface area contributed by atoms with Crippen LogP contribution in [0.25, 0.3) is 0 Å². The Balaban J connectivity index is 2.73. The number of methoxy groups -OCH3 is 1. The molecule has 0 unspecified atom stereocenters. The average molecular weight is 225 g/mol. The molecule has 0 fully saturated rings. The van der Waals surface area contributed by atoms with E-state index < -0.39 is 6.09 Å². The van der Waals surface area contributed by atoms with Crippen LogP contribution in [0.1, 0.15) is 19.4 Å². The second-order valence-corrected chi connectivity index (χ2v) is 4.24. The molecule has 16 heavy (non-hydrogen) atoms. The minimum atomic E-state index is -0.482. The smallest absolute Gasteiger partial charge is 0.406 e. The zero-order valence-electron chi connectivity index (χ0n) is 9.71. The number of benzene rings is 1. The van der Waals surface area contributed by atoms with Gasteiger partial charge in [-0.25, -0.2) is 9.18 Å². The van der Waals surface area contributed by atoms with Gasteiger partial charge in [0.25, 0.3) is 0 Å². The van der Waals surface area contributed by atoms with Gasteiger partial charge in [0, 0.05) is 12.0 Å². The number of amides is 1. The predicted octanol–water partition coefficient (Wildman–Crippen LogP) is 2.46. The fourth-order valence-corrected chi connectivity index (χ4v) is 1.38. The fraction of sp³-hybridized carbons (Fsp3) is 0.417. The second-order valence-electron chi connectivity index (χ2n) is 4.24. The van der Waals surface area contributed by atoms with Gasteiger partial charge in [0.2, 0.25) is 0 Å². The number of carbonyl (C=O) groups excluding carboxylic acids is 1. The summed E-state index contributed by atoms with van der Waals surface area (Å²) in [5.41, 5.74) is 0.500. The Morgan fingerprint density at radius 1 is 1.50 bits per heavy atom. The van der Waals surface area contributed by atoms with Crippen LogP contribution in [0.15, 0.2) is 24.3 Å². The molecule has 0 aromatic heterocycles. The zero-order valence-corrected chi connectivity index (χ0v) is 9.71. The molecule has 1 rings (SSSR count). The van der Waals surface area contributed by atoms with Crippen molar-refractivity contribution in [3.63, 3.8) is 0 Å². The van der Waals surface area contributed by atoms with E-state index in [9.17, 15) is 9.18 Å². The molecule has 0 saturated carbocycles. The summed E-state index contributed by atoms with van der Waals surface area (Å²) in [5, 5.41) is 2.61. The van der Waals surface area contributed by atoms with Gasteiger partial charge in [0.15, 0.2) is 0 Å². The summed E-state index contributed by atoms with van der Waals surface area (Å²) in [4.78, 5) is 10.9. The second kappa shape index (κ2) is 4.96. The van der Waals surface area contributed by atoms with Gasteiger partial charge in [-0.2, -0.15) is 0 Å². The van der Waals surface area contributed by atoms with Crippen LogP contribution in [0.4, 0.5) is 9.18 Å². The molecule has 1 amide bonds. The average Bonchev–Trinajstić information content (AvgIpc) is 2.26. The standard InChI is InChI=1S/C12H16FNO2/c1-12(2,8-14-11(15)16-3)9-5-4-6-10(13)7-9/h4-7H,8H2,1-3H3,(H,14,15). The van der Waals surface area contributed by atoms with Crippen LogP contribution in [-0.2, 0) is 10.2 Å². The maximum Gasteiger partial charge on any atom is 0.406 e. The van der Waals surface area contributed by atoms with Crippen molar-refractivity contribution in [2.45, 2.75) is 19.3 Å². The van der Waals surface area contributed by atoms with E-state index in [4.69, 9.17) is 0 Å². The molecule has 0 atom stereocenters. The Morgan fingerprint density at radius 3 is 2.75 bits per heavy atom. The summed E-state index contributed by atoms with van der Waals surface area (Å²) in [7, 11) is 1.31. The molecule has 0 aliphatic rings. The number of ether oxygens (including phenoxy) is 1. The third-order valence-electron chi connectivity index (χ3n) is 2.47. The Morgan fingerprint density at radius 2 is 2.19 bits per heavy atom. The van der Waals surface area contributed by atoms with Crippen molar-refractivity contribution < 1.29 is 13.9 Å². The van der Waals surface area contributed by atoms with Crippen LogP contribution >= 0.6 is 0 Å². The molecule has 1 N–H and O–H groups in total. The highest BCUT2D eigenvalue weighted by atomic mass is 19.1. The highest BCUT2D eigenvalue weighted by Gasteiger charge is 2.21. The van der Waals surface area contributed by atoms with Crippen LogP contribution in [-0.4, -0.2) is 19.7 Å². The van der Waals surface area contributed by atoms with Crippen molar-refractivity contribution in [2.24, 2.45) is 0 Å². The molecule has 0 spiro atoms. The Bertz CT molecular complexity index is 377. The lowest BCUT2D eigenvalue weighted by atomic mass is 9.84. The summed E-state index contributed by atoms with van der Waals surface area (Å²) in [6, 6.07) is 6.36. The molecule has 0 bridgehead atoms. The maximum atomic E-state index is 13.1. The van der Waals surface area contributed by atoms with E-state index in [1.165, 1.54) is 19.2 Å². The molecule has 3 nitrogen and oxygen atoms in total. The first-order valence-corrected chi connectivity index (χ1v) is 5.03. The maximum absolute atomic E-state index is 13.1. The van der Waals surface area contributed by atoms with Crippen LogP contribution in [0.5, 0.6) is 0 Å². The van der Waals surface area contributed by atoms with E-state index in [2.05, 4.69) is 10.1 Å². The van der Waals surface area contributed by atoms with Crippen LogP contribution in [0.2, 0.25) is 0 Å². The number of carbonyl (C=O) groups is 1. The van der Waals surface area contributed by atoms with Crippen molar-refractivity contribution in [2.75, 3.05) is 13.7 Å². The van der Waals surface area contributed by atoms with E-state index in [-0.39, 0.29) is 11.2 Å². The molecular formula is C12H16FNO2. The third kappa shape index (κ3) is 3.22. The largest absolute Gasteiger partial charge is 0.453 e. The highest BCUT2D eigenvalue weighted by Crippen LogP contribution is 2.22. The monoisotopic (exact) mass is 225 g/mol. The van der Waals surface area contributed by atoms with E-state index in [0.29, 0.717) is 6.54 Å². The topological polar surface area (TPSA) is 38.3 Å². The summed E-state index contributed by atoms with van der Waals surface area (Å²) >= 11 is 0. The van der Waals surface area contributed by atoms with Gasteiger partial charge in [-0.3, -0.25) is 0 Å². The fourth-order valence-electron chi connectivity index (χ4n) is 1.38. The van der Waals surface area contributed by atoms with Crippen molar-refractivity contribution in [3.05, 3.63) is 35.6 Å². The number of hydrogen-bond donors (Lipinski definition) is 1. The SMILES string of the molecule is COC(=O)NCC(C)(C)c1cccc(F)c1. The van der Waals surface area contributed by atoms with Gasteiger partial charge in [-0.15, -0.1) is 0 Å². The van der Waals surface area contributed by atoms with Crippen LogP contribution in [0.3, 0.4) is 0 Å². The third-order valence-corrected chi connectivity index (χ3v) is 2.47. The molecule has 0 aliphatic heterocycles. The van der Waals surface area contributed by atoms with Crippen molar-refractivity contribution in [1.82, 2.24) is 5.32 Å². The normalized spacial score (nSPS) is 11.0. The minimum absolute atomic E-state index is 0.274. The van der Waals surface area contributed by atoms with E-state index in [1.54, 1.807) is 6.07 Å². The number of alkyl carbamates (subject to hydrolysis) is 1. The van der Waals surface area contributed by atoms with E-state index in [1.807, 2.05) is 19.9 Å². The van der Waals surface area contributed by atoms with Crippen molar-refractivity contribution >= 4 is 6.09 Å². The van der Waals surface area contributed by atoms with Gasteiger partial charge in [0.1, 0.15) is 5.82 Å². The number of nitrogens with one attached hydrogen (secondary N) is 1. The minimum Gasteiger partial charge on any atom is -0.453 e. The lowest BCUT2D eigenvalue weighted by molar-refractivity contribution is 0.168. The number of hydrogen-bond acceptors (Lipinski definition) is 2. The predicted molar refractivity (Wildman–Crippen MR) is 59.8 cm³/mol. The molecule has 1 aromatic carbocycles.